The highest BCUT2D eigenvalue weighted by atomic mass is 19.1. The average Bonchev–Trinajstić information content (AvgIpc) is 2.93. The van der Waals surface area contributed by atoms with Crippen molar-refractivity contribution in [3.05, 3.63) is 65.9 Å². The molecule has 1 N–H and O–H groups in total. The highest BCUT2D eigenvalue weighted by molar-refractivity contribution is 5.83. The largest absolute Gasteiger partial charge is 0.497 e. The molecule has 7 heteroatoms. The van der Waals surface area contributed by atoms with Crippen LogP contribution in [0.15, 0.2) is 54.7 Å². The topological polar surface area (TPSA) is 71.9 Å². The molecule has 1 saturated heterocycles. The number of nitrogens with zero attached hydrogens (tertiary/aromatic N) is 2. The minimum absolute atomic E-state index is 0.0427. The molecule has 0 spiro atoms. The van der Waals surface area contributed by atoms with Gasteiger partial charge in [0.15, 0.2) is 0 Å². The van der Waals surface area contributed by atoms with Gasteiger partial charge in [-0.25, -0.2) is 4.39 Å². The van der Waals surface area contributed by atoms with E-state index in [4.69, 9.17) is 9.47 Å². The van der Waals surface area contributed by atoms with Crippen LogP contribution in [-0.4, -0.2) is 54.8 Å². The number of aryl methyl sites for hydroxylation is 1. The van der Waals surface area contributed by atoms with Crippen molar-refractivity contribution >= 4 is 16.9 Å². The van der Waals surface area contributed by atoms with Crippen LogP contribution < -0.4 is 9.47 Å². The van der Waals surface area contributed by atoms with Crippen molar-refractivity contribution in [2.45, 2.75) is 51.1 Å². The van der Waals surface area contributed by atoms with Crippen molar-refractivity contribution in [2.75, 3.05) is 33.9 Å². The van der Waals surface area contributed by atoms with Crippen molar-refractivity contribution in [1.29, 1.82) is 0 Å². The first-order chi connectivity index (χ1) is 18.5. The molecule has 0 radical (unpaired) electrons. The SMILES string of the molecule is COc1cccc(CCCCN2CC[C@@H](CC[C@H](F)c3ccnc4ccc(OC)cc34)[C@@H](CC(=O)O)C2)c1. The first-order valence-corrected chi connectivity index (χ1v) is 13.6. The molecular weight excluding hydrogens is 483 g/mol. The van der Waals surface area contributed by atoms with Gasteiger partial charge in [0.1, 0.15) is 17.7 Å². The summed E-state index contributed by atoms with van der Waals surface area (Å²) in [5.74, 6) is 1.04. The van der Waals surface area contributed by atoms with Crippen molar-refractivity contribution in [1.82, 2.24) is 9.88 Å². The first-order valence-electron chi connectivity index (χ1n) is 13.6. The molecule has 3 aromatic rings. The number of aliphatic carboxylic acids is 1. The summed E-state index contributed by atoms with van der Waals surface area (Å²) >= 11 is 0. The quantitative estimate of drug-likeness (QED) is 0.259. The van der Waals surface area contributed by atoms with Gasteiger partial charge >= 0.3 is 5.97 Å². The summed E-state index contributed by atoms with van der Waals surface area (Å²) in [6.45, 7) is 2.66. The molecule has 1 aromatic heterocycles. The molecule has 3 atom stereocenters. The Morgan fingerprint density at radius 3 is 2.71 bits per heavy atom. The Hall–Kier alpha value is -3.19. The van der Waals surface area contributed by atoms with Gasteiger partial charge in [-0.05, 0) is 111 Å². The number of carboxylic acid groups (broad SMARTS) is 1. The zero-order valence-electron chi connectivity index (χ0n) is 22.4. The van der Waals surface area contributed by atoms with E-state index >= 15 is 4.39 Å². The Balaban J connectivity index is 1.30. The lowest BCUT2D eigenvalue weighted by Gasteiger charge is -2.38. The van der Waals surface area contributed by atoms with Gasteiger partial charge in [0.25, 0.3) is 0 Å². The third-order valence-corrected chi connectivity index (χ3v) is 7.85. The number of alkyl halides is 1. The van der Waals surface area contributed by atoms with E-state index in [-0.39, 0.29) is 18.3 Å². The Morgan fingerprint density at radius 2 is 1.92 bits per heavy atom. The van der Waals surface area contributed by atoms with Gasteiger partial charge in [-0.3, -0.25) is 9.78 Å². The Bertz CT molecular complexity index is 1200. The molecule has 0 aliphatic carbocycles. The summed E-state index contributed by atoms with van der Waals surface area (Å²) in [4.78, 5) is 18.4. The lowest BCUT2D eigenvalue weighted by Crippen LogP contribution is -2.41. The molecule has 0 amide bonds. The summed E-state index contributed by atoms with van der Waals surface area (Å²) in [5.41, 5.74) is 2.64. The highest BCUT2D eigenvalue weighted by Gasteiger charge is 2.31. The fourth-order valence-electron chi connectivity index (χ4n) is 5.75. The summed E-state index contributed by atoms with van der Waals surface area (Å²) in [5, 5.41) is 10.3. The number of aromatic nitrogens is 1. The molecule has 2 aromatic carbocycles. The van der Waals surface area contributed by atoms with E-state index in [0.717, 1.165) is 62.0 Å². The number of ether oxygens (including phenoxy) is 2. The number of carboxylic acids is 1. The number of piperidine rings is 1. The number of fused-ring (bicyclic) bond motifs is 1. The van der Waals surface area contributed by atoms with E-state index in [1.54, 1.807) is 26.5 Å². The third-order valence-electron chi connectivity index (χ3n) is 7.85. The van der Waals surface area contributed by atoms with Crippen LogP contribution in [0, 0.1) is 11.8 Å². The van der Waals surface area contributed by atoms with Crippen LogP contribution in [0.5, 0.6) is 11.5 Å². The third kappa shape index (κ3) is 7.44. The normalized spacial score (nSPS) is 18.8. The Morgan fingerprint density at radius 1 is 1.11 bits per heavy atom. The van der Waals surface area contributed by atoms with Gasteiger partial charge < -0.3 is 19.5 Å². The van der Waals surface area contributed by atoms with Crippen molar-refractivity contribution in [2.24, 2.45) is 11.8 Å². The zero-order valence-corrected chi connectivity index (χ0v) is 22.4. The monoisotopic (exact) mass is 522 g/mol. The van der Waals surface area contributed by atoms with Gasteiger partial charge in [0, 0.05) is 24.5 Å². The van der Waals surface area contributed by atoms with Gasteiger partial charge in [-0.15, -0.1) is 0 Å². The molecule has 0 bridgehead atoms. The van der Waals surface area contributed by atoms with E-state index in [1.807, 2.05) is 30.3 Å². The molecule has 4 rings (SSSR count). The van der Waals surface area contributed by atoms with Crippen molar-refractivity contribution < 1.29 is 23.8 Å². The predicted octanol–water partition coefficient (Wildman–Crippen LogP) is 6.48. The van der Waals surface area contributed by atoms with Gasteiger partial charge in [0.2, 0.25) is 0 Å². The molecule has 6 nitrogen and oxygen atoms in total. The molecule has 1 aliphatic rings. The molecule has 0 unspecified atom stereocenters. The van der Waals surface area contributed by atoms with Crippen LogP contribution in [0.25, 0.3) is 10.9 Å². The Kier molecular flexibility index (Phi) is 9.93. The van der Waals surface area contributed by atoms with Crippen LogP contribution in [0.2, 0.25) is 0 Å². The average molecular weight is 523 g/mol. The van der Waals surface area contributed by atoms with Gasteiger partial charge in [-0.1, -0.05) is 12.1 Å². The smallest absolute Gasteiger partial charge is 0.303 e. The van der Waals surface area contributed by atoms with E-state index < -0.39 is 12.1 Å². The fraction of sp³-hybridized carbons (Fsp3) is 0.484. The number of halogens is 1. The number of benzene rings is 2. The maximum Gasteiger partial charge on any atom is 0.303 e. The fourth-order valence-corrected chi connectivity index (χ4v) is 5.75. The number of carbonyl (C=O) groups is 1. The maximum atomic E-state index is 15.5. The maximum absolute atomic E-state index is 15.5. The number of unbranched alkanes of at least 4 members (excludes halogenated alkanes) is 1. The minimum atomic E-state index is -1.13. The number of pyridine rings is 1. The molecule has 1 fully saturated rings. The van der Waals surface area contributed by atoms with Crippen LogP contribution in [-0.2, 0) is 11.2 Å². The van der Waals surface area contributed by atoms with E-state index in [0.29, 0.717) is 24.2 Å². The van der Waals surface area contributed by atoms with Crippen LogP contribution in [0.3, 0.4) is 0 Å². The molecule has 2 heterocycles. The van der Waals surface area contributed by atoms with E-state index in [2.05, 4.69) is 22.0 Å². The summed E-state index contributed by atoms with van der Waals surface area (Å²) in [6.07, 6.45) is 5.75. The number of likely N-dealkylation sites (tertiary alicyclic amines) is 1. The first kappa shape index (κ1) is 27.8. The standard InChI is InChI=1S/C31H39FN2O4/c1-37-25-8-5-7-22(18-25)6-3-4-16-34-17-14-23(24(21-34)19-31(35)36)9-11-29(32)27-13-15-33-30-12-10-26(38-2)20-28(27)30/h5,7-8,10,12-13,15,18,20,23-24,29H,3-4,6,9,11,14,16-17,19,21H2,1-2H3,(H,35,36)/t23-,24+,29+/m1/s1. The molecular formula is C31H39FN2O4. The highest BCUT2D eigenvalue weighted by Crippen LogP contribution is 2.36. The van der Waals surface area contributed by atoms with Crippen molar-refractivity contribution in [3.8, 4) is 11.5 Å². The summed E-state index contributed by atoms with van der Waals surface area (Å²) in [6, 6.07) is 15.4. The number of rotatable bonds is 13. The lowest BCUT2D eigenvalue weighted by atomic mass is 9.79. The van der Waals surface area contributed by atoms with Gasteiger partial charge in [0.05, 0.1) is 19.7 Å². The predicted molar refractivity (Wildman–Crippen MR) is 148 cm³/mol. The lowest BCUT2D eigenvalue weighted by molar-refractivity contribution is -0.139. The van der Waals surface area contributed by atoms with Crippen LogP contribution >= 0.6 is 0 Å². The van der Waals surface area contributed by atoms with Crippen molar-refractivity contribution in [3.63, 3.8) is 0 Å². The molecule has 1 aliphatic heterocycles. The summed E-state index contributed by atoms with van der Waals surface area (Å²) < 4.78 is 26.1. The zero-order chi connectivity index (χ0) is 26.9. The van der Waals surface area contributed by atoms with E-state index in [1.165, 1.54) is 5.56 Å². The number of hydrogen-bond donors (Lipinski definition) is 1. The summed E-state index contributed by atoms with van der Waals surface area (Å²) in [7, 11) is 3.28. The van der Waals surface area contributed by atoms with Crippen LogP contribution in [0.1, 0.15) is 55.8 Å². The second-order valence-corrected chi connectivity index (χ2v) is 10.3. The van der Waals surface area contributed by atoms with E-state index in [9.17, 15) is 9.90 Å². The number of hydrogen-bond acceptors (Lipinski definition) is 5. The molecule has 204 valence electrons. The minimum Gasteiger partial charge on any atom is -0.497 e. The van der Waals surface area contributed by atoms with Crippen LogP contribution in [0.4, 0.5) is 4.39 Å². The number of methoxy groups -OCH3 is 2. The molecule has 0 saturated carbocycles. The second-order valence-electron chi connectivity index (χ2n) is 10.3. The van der Waals surface area contributed by atoms with Gasteiger partial charge in [-0.2, -0.15) is 0 Å². The molecule has 38 heavy (non-hydrogen) atoms. The Labute approximate surface area is 224 Å². The second kappa shape index (κ2) is 13.6.